The van der Waals surface area contributed by atoms with E-state index in [0.717, 1.165) is 19.3 Å². The Morgan fingerprint density at radius 1 is 1.04 bits per heavy atom. The predicted octanol–water partition coefficient (Wildman–Crippen LogP) is 1.50. The number of hydrogen-bond donors (Lipinski definition) is 4. The summed E-state index contributed by atoms with van der Waals surface area (Å²) >= 11 is 0. The van der Waals surface area contributed by atoms with Crippen LogP contribution >= 0.6 is 0 Å². The third-order valence-corrected chi connectivity index (χ3v) is 12.6. The number of piperazine rings is 1. The lowest BCUT2D eigenvalue weighted by atomic mass is 9.71. The van der Waals surface area contributed by atoms with Crippen molar-refractivity contribution < 1.29 is 58.1 Å². The van der Waals surface area contributed by atoms with E-state index in [1.165, 1.54) is 13.2 Å². The SMILES string of the molecule is COc1cccc2c1C(=O)c1c(O)c3c(c(O)c1C2=O)C[C@@](O)(C(=O)N1CCNC2(CCC2)C1)C[C@@H]3O[C@H]1C[C@H]2[C@H](O[C@@H]3[C@@H](OC)OCCN32)[C@H](C)O1. The van der Waals surface area contributed by atoms with E-state index in [1.54, 1.807) is 24.1 Å². The minimum absolute atomic E-state index is 0.00752. The van der Waals surface area contributed by atoms with Gasteiger partial charge in [-0.25, -0.2) is 0 Å². The summed E-state index contributed by atoms with van der Waals surface area (Å²) in [5.41, 5.74) is -3.08. The van der Waals surface area contributed by atoms with E-state index < -0.39 is 77.6 Å². The first-order valence-electron chi connectivity index (χ1n) is 18.5. The van der Waals surface area contributed by atoms with Crippen LogP contribution in [0.3, 0.4) is 0 Å². The molecule has 1 amide bonds. The summed E-state index contributed by atoms with van der Waals surface area (Å²) in [6.07, 6.45) is -1.39. The molecule has 1 saturated carbocycles. The number of methoxy groups -OCH3 is 2. The molecular weight excluding hydrogens is 690 g/mol. The molecule has 1 spiro atoms. The number of nitrogens with one attached hydrogen (secondary N) is 1. The van der Waals surface area contributed by atoms with Gasteiger partial charge in [-0.15, -0.1) is 0 Å². The van der Waals surface area contributed by atoms with Gasteiger partial charge in [0.15, 0.2) is 24.6 Å². The number of carbonyl (C=O) groups is 3. The molecule has 4 N–H and O–H groups in total. The summed E-state index contributed by atoms with van der Waals surface area (Å²) in [5.74, 6) is -2.92. The fraction of sp³-hybridized carbons (Fsp3) is 0.605. The zero-order chi connectivity index (χ0) is 37.0. The Morgan fingerprint density at radius 3 is 2.57 bits per heavy atom. The molecule has 0 aromatic heterocycles. The van der Waals surface area contributed by atoms with Crippen LogP contribution in [-0.2, 0) is 34.9 Å². The van der Waals surface area contributed by atoms with Crippen LogP contribution in [0.5, 0.6) is 17.2 Å². The smallest absolute Gasteiger partial charge is 0.255 e. The summed E-state index contributed by atoms with van der Waals surface area (Å²) in [6, 6.07) is 4.42. The van der Waals surface area contributed by atoms with Crippen LogP contribution in [0.25, 0.3) is 0 Å². The topological polar surface area (TPSA) is 186 Å². The number of rotatable bonds is 5. The van der Waals surface area contributed by atoms with Crippen molar-refractivity contribution in [2.75, 3.05) is 47.0 Å². The molecule has 284 valence electrons. The molecule has 8 atom stereocenters. The van der Waals surface area contributed by atoms with Crippen molar-refractivity contribution in [3.8, 4) is 17.2 Å². The number of ketones is 2. The number of ether oxygens (including phenoxy) is 6. The Balaban J connectivity index is 1.11. The highest BCUT2D eigenvalue weighted by Crippen LogP contribution is 2.53. The Hall–Kier alpha value is -3.67. The molecule has 4 heterocycles. The minimum atomic E-state index is -2.08. The number of aliphatic hydroxyl groups is 1. The fourth-order valence-electron chi connectivity index (χ4n) is 9.86. The van der Waals surface area contributed by atoms with Crippen LogP contribution in [0.1, 0.15) is 88.1 Å². The second kappa shape index (κ2) is 12.7. The second-order valence-electron chi connectivity index (χ2n) is 15.5. The van der Waals surface area contributed by atoms with Crippen LogP contribution in [0.4, 0.5) is 0 Å². The number of carbonyl (C=O) groups excluding carboxylic acids is 3. The molecule has 53 heavy (non-hydrogen) atoms. The molecule has 2 aromatic rings. The van der Waals surface area contributed by atoms with Crippen LogP contribution < -0.4 is 10.1 Å². The van der Waals surface area contributed by atoms with Crippen molar-refractivity contribution >= 4 is 17.5 Å². The molecule has 15 heteroatoms. The van der Waals surface area contributed by atoms with Crippen LogP contribution in [0, 0.1) is 0 Å². The molecule has 0 unspecified atom stereocenters. The van der Waals surface area contributed by atoms with Crippen molar-refractivity contribution in [1.29, 1.82) is 0 Å². The fourth-order valence-corrected chi connectivity index (χ4v) is 9.86. The normalized spacial score (nSPS) is 34.4. The van der Waals surface area contributed by atoms with E-state index in [1.807, 2.05) is 6.92 Å². The van der Waals surface area contributed by atoms with E-state index in [2.05, 4.69) is 10.2 Å². The van der Waals surface area contributed by atoms with Gasteiger partial charge in [-0.2, -0.15) is 0 Å². The van der Waals surface area contributed by atoms with Crippen molar-refractivity contribution in [2.45, 2.75) is 99.8 Å². The number of fused-ring (bicyclic) bond motifs is 6. The lowest BCUT2D eigenvalue weighted by molar-refractivity contribution is -0.256. The average molecular weight is 736 g/mol. The van der Waals surface area contributed by atoms with E-state index >= 15 is 0 Å². The number of hydrogen-bond acceptors (Lipinski definition) is 14. The number of phenols is 2. The van der Waals surface area contributed by atoms with Gasteiger partial charge in [-0.1, -0.05) is 12.1 Å². The zero-order valence-electron chi connectivity index (χ0n) is 30.0. The first-order chi connectivity index (χ1) is 25.5. The predicted molar refractivity (Wildman–Crippen MR) is 183 cm³/mol. The molecule has 9 rings (SSSR count). The molecule has 3 aliphatic carbocycles. The average Bonchev–Trinajstić information content (AvgIpc) is 3.53. The maximum absolute atomic E-state index is 14.4. The summed E-state index contributed by atoms with van der Waals surface area (Å²) in [4.78, 5) is 46.4. The molecule has 7 aliphatic rings. The Morgan fingerprint density at radius 2 is 1.83 bits per heavy atom. The summed E-state index contributed by atoms with van der Waals surface area (Å²) < 4.78 is 36.1. The Kier molecular flexibility index (Phi) is 8.40. The van der Waals surface area contributed by atoms with Gasteiger partial charge >= 0.3 is 0 Å². The summed E-state index contributed by atoms with van der Waals surface area (Å²) in [7, 11) is 2.94. The molecule has 4 saturated heterocycles. The number of morpholine rings is 1. The first kappa shape index (κ1) is 35.1. The van der Waals surface area contributed by atoms with Gasteiger partial charge < -0.3 is 54.0 Å². The summed E-state index contributed by atoms with van der Waals surface area (Å²) in [6.45, 7) is 4.29. The largest absolute Gasteiger partial charge is 0.507 e. The molecule has 0 bridgehead atoms. The maximum Gasteiger partial charge on any atom is 0.255 e. The highest BCUT2D eigenvalue weighted by atomic mass is 16.7. The van der Waals surface area contributed by atoms with Crippen molar-refractivity contribution in [1.82, 2.24) is 15.1 Å². The van der Waals surface area contributed by atoms with E-state index in [-0.39, 0.29) is 57.7 Å². The maximum atomic E-state index is 14.4. The van der Waals surface area contributed by atoms with E-state index in [4.69, 9.17) is 28.4 Å². The van der Waals surface area contributed by atoms with E-state index in [9.17, 15) is 29.7 Å². The minimum Gasteiger partial charge on any atom is -0.507 e. The van der Waals surface area contributed by atoms with E-state index in [0.29, 0.717) is 39.2 Å². The quantitative estimate of drug-likeness (QED) is 0.277. The van der Waals surface area contributed by atoms with Crippen molar-refractivity contribution in [2.24, 2.45) is 0 Å². The van der Waals surface area contributed by atoms with Crippen LogP contribution in [0.2, 0.25) is 0 Å². The van der Waals surface area contributed by atoms with Gasteiger partial charge in [0.2, 0.25) is 5.78 Å². The number of amides is 1. The standard InChI is InChI=1S/C38H45N3O12/c1-18-33-21(41-12-13-50-35(49-3)34(41)53-33)14-24(51-18)52-23-16-38(47,36(46)40-11-10-39-37(17-40)8-5-9-37)15-20-26(23)32(45)28-27(30(20)43)29(42)19-6-4-7-22(48-2)25(19)31(28)44/h4,6-7,18,21,23-24,33-35,39,43,45,47H,5,8-17H2,1-3H3/t18-,21-,23-,24-,33+,34+,35-,38-/m0/s1. The third kappa shape index (κ3) is 5.27. The van der Waals surface area contributed by atoms with Crippen LogP contribution in [0.15, 0.2) is 18.2 Å². The van der Waals surface area contributed by atoms with Gasteiger partial charge in [0.1, 0.15) is 29.0 Å². The highest BCUT2D eigenvalue weighted by Gasteiger charge is 2.56. The molecule has 4 aliphatic heterocycles. The first-order valence-corrected chi connectivity index (χ1v) is 18.5. The molecule has 5 fully saturated rings. The van der Waals surface area contributed by atoms with Crippen LogP contribution in [-0.4, -0.2) is 138 Å². The molecule has 0 radical (unpaired) electrons. The number of aromatic hydroxyl groups is 2. The lowest BCUT2D eigenvalue weighted by Gasteiger charge is -2.51. The monoisotopic (exact) mass is 735 g/mol. The van der Waals surface area contributed by atoms with Crippen molar-refractivity contribution in [3.63, 3.8) is 0 Å². The Labute approximate surface area is 306 Å². The lowest BCUT2D eigenvalue weighted by Crippen LogP contribution is -2.67. The van der Waals surface area contributed by atoms with Gasteiger partial charge in [0, 0.05) is 80.8 Å². The molecule has 2 aromatic carbocycles. The number of benzene rings is 2. The molecular formula is C38H45N3O12. The van der Waals surface area contributed by atoms with Gasteiger partial charge in [0.05, 0.1) is 42.6 Å². The Bertz CT molecular complexity index is 1880. The second-order valence-corrected chi connectivity index (χ2v) is 15.5. The summed E-state index contributed by atoms with van der Waals surface area (Å²) in [5, 5.41) is 40.0. The number of phenolic OH excluding ortho intramolecular Hbond substituents is 2. The number of nitrogens with zero attached hydrogens (tertiary/aromatic N) is 2. The molecule has 15 nitrogen and oxygen atoms in total. The van der Waals surface area contributed by atoms with Gasteiger partial charge in [-0.3, -0.25) is 19.3 Å². The van der Waals surface area contributed by atoms with Gasteiger partial charge in [-0.05, 0) is 32.3 Å². The van der Waals surface area contributed by atoms with Crippen molar-refractivity contribution in [3.05, 3.63) is 51.6 Å². The highest BCUT2D eigenvalue weighted by molar-refractivity contribution is 6.31. The third-order valence-electron chi connectivity index (χ3n) is 12.6. The van der Waals surface area contributed by atoms with Gasteiger partial charge in [0.25, 0.3) is 5.91 Å². The zero-order valence-corrected chi connectivity index (χ0v) is 30.0.